The van der Waals surface area contributed by atoms with Gasteiger partial charge < -0.3 is 5.11 Å². The Labute approximate surface area is 108 Å². The highest BCUT2D eigenvalue weighted by Crippen LogP contribution is 2.24. The molecule has 1 aromatic carbocycles. The summed E-state index contributed by atoms with van der Waals surface area (Å²) < 4.78 is 14.1. The van der Waals surface area contributed by atoms with Crippen LogP contribution in [0, 0.1) is 5.82 Å². The van der Waals surface area contributed by atoms with Crippen LogP contribution in [0.3, 0.4) is 0 Å². The predicted octanol–water partition coefficient (Wildman–Crippen LogP) is 2.93. The largest absolute Gasteiger partial charge is 0.476 e. The van der Waals surface area contributed by atoms with Crippen LogP contribution in [0.4, 0.5) is 4.39 Å². The van der Waals surface area contributed by atoms with E-state index in [1.165, 1.54) is 28.9 Å². The van der Waals surface area contributed by atoms with E-state index in [1.807, 2.05) is 6.92 Å². The van der Waals surface area contributed by atoms with Crippen LogP contribution in [0.5, 0.6) is 0 Å². The number of benzene rings is 1. The Balaban J connectivity index is 2.63. The topological polar surface area (TPSA) is 55.1 Å². The highest BCUT2D eigenvalue weighted by atomic mass is 35.5. The average molecular weight is 269 g/mol. The number of aromatic carboxylic acids is 1. The number of carboxylic acid groups (broad SMARTS) is 1. The lowest BCUT2D eigenvalue weighted by molar-refractivity contribution is 0.0687. The van der Waals surface area contributed by atoms with Crippen LogP contribution in [0.15, 0.2) is 24.3 Å². The Bertz CT molecular complexity index is 593. The summed E-state index contributed by atoms with van der Waals surface area (Å²) in [7, 11) is 0. The summed E-state index contributed by atoms with van der Waals surface area (Å²) in [5.41, 5.74) is 0.842. The van der Waals surface area contributed by atoms with Crippen molar-refractivity contribution in [2.75, 3.05) is 0 Å². The van der Waals surface area contributed by atoms with Crippen molar-refractivity contribution in [1.82, 2.24) is 9.78 Å². The molecule has 1 N–H and O–H groups in total. The molecular weight excluding hydrogens is 259 g/mol. The minimum Gasteiger partial charge on any atom is -0.476 e. The van der Waals surface area contributed by atoms with Crippen molar-refractivity contribution < 1.29 is 14.3 Å². The van der Waals surface area contributed by atoms with E-state index < -0.39 is 11.8 Å². The maximum absolute atomic E-state index is 12.8. The Morgan fingerprint density at radius 2 is 2.06 bits per heavy atom. The number of carboxylic acids is 1. The third-order valence-corrected chi connectivity index (χ3v) is 2.90. The molecule has 18 heavy (non-hydrogen) atoms. The number of aromatic nitrogens is 2. The molecule has 94 valence electrons. The molecule has 0 unspecified atom stereocenters. The van der Waals surface area contributed by atoms with Gasteiger partial charge in [0.25, 0.3) is 0 Å². The molecule has 0 saturated heterocycles. The van der Waals surface area contributed by atoms with Gasteiger partial charge in [-0.3, -0.25) is 0 Å². The fraction of sp³-hybridized carbons (Fsp3) is 0.167. The van der Waals surface area contributed by atoms with E-state index in [-0.39, 0.29) is 10.7 Å². The molecule has 1 aromatic heterocycles. The van der Waals surface area contributed by atoms with Gasteiger partial charge in [-0.1, -0.05) is 18.5 Å². The zero-order valence-corrected chi connectivity index (χ0v) is 10.3. The smallest absolute Gasteiger partial charge is 0.356 e. The lowest BCUT2D eigenvalue weighted by Gasteiger charge is -2.03. The molecular formula is C12H10ClFN2O2. The van der Waals surface area contributed by atoms with E-state index in [9.17, 15) is 9.18 Å². The highest BCUT2D eigenvalue weighted by molar-refractivity contribution is 6.34. The van der Waals surface area contributed by atoms with Gasteiger partial charge in [-0.15, -0.1) is 0 Å². The molecule has 2 aromatic rings. The first-order valence-corrected chi connectivity index (χ1v) is 5.69. The van der Waals surface area contributed by atoms with Crippen molar-refractivity contribution in [3.8, 4) is 5.69 Å². The van der Waals surface area contributed by atoms with Crippen molar-refractivity contribution in [3.05, 3.63) is 46.5 Å². The third kappa shape index (κ3) is 2.09. The van der Waals surface area contributed by atoms with Crippen LogP contribution >= 0.6 is 11.6 Å². The van der Waals surface area contributed by atoms with Crippen LogP contribution in [0.25, 0.3) is 5.69 Å². The van der Waals surface area contributed by atoms with Crippen LogP contribution < -0.4 is 0 Å². The van der Waals surface area contributed by atoms with Gasteiger partial charge in [0, 0.05) is 0 Å². The van der Waals surface area contributed by atoms with Crippen molar-refractivity contribution >= 4 is 17.6 Å². The molecule has 0 aliphatic carbocycles. The summed E-state index contributed by atoms with van der Waals surface area (Å²) in [5, 5.41) is 13.4. The van der Waals surface area contributed by atoms with Crippen LogP contribution in [0.2, 0.25) is 5.02 Å². The molecule has 0 saturated carbocycles. The Morgan fingerprint density at radius 1 is 1.44 bits per heavy atom. The van der Waals surface area contributed by atoms with Gasteiger partial charge in [-0.05, 0) is 30.7 Å². The second kappa shape index (κ2) is 4.78. The second-order valence-corrected chi connectivity index (χ2v) is 4.03. The van der Waals surface area contributed by atoms with Crippen molar-refractivity contribution in [2.24, 2.45) is 0 Å². The molecule has 0 bridgehead atoms. The van der Waals surface area contributed by atoms with Gasteiger partial charge in [0.2, 0.25) is 0 Å². The fourth-order valence-corrected chi connectivity index (χ4v) is 1.96. The summed E-state index contributed by atoms with van der Waals surface area (Å²) in [6.07, 6.45) is 0.521. The third-order valence-electron chi connectivity index (χ3n) is 2.50. The maximum atomic E-state index is 12.8. The quantitative estimate of drug-likeness (QED) is 0.931. The summed E-state index contributed by atoms with van der Waals surface area (Å²) in [5.74, 6) is -1.57. The lowest BCUT2D eigenvalue weighted by Crippen LogP contribution is -2.08. The zero-order valence-electron chi connectivity index (χ0n) is 9.52. The molecule has 0 fully saturated rings. The zero-order chi connectivity index (χ0) is 13.3. The van der Waals surface area contributed by atoms with E-state index in [2.05, 4.69) is 5.10 Å². The second-order valence-electron chi connectivity index (χ2n) is 3.66. The molecule has 0 radical (unpaired) electrons. The average Bonchev–Trinajstić information content (AvgIpc) is 2.67. The van der Waals surface area contributed by atoms with E-state index in [0.717, 1.165) is 0 Å². The lowest BCUT2D eigenvalue weighted by atomic mass is 10.3. The summed E-state index contributed by atoms with van der Waals surface area (Å²) in [4.78, 5) is 11.2. The normalized spacial score (nSPS) is 10.6. The van der Waals surface area contributed by atoms with Crippen molar-refractivity contribution in [3.63, 3.8) is 0 Å². The number of carbonyl (C=O) groups is 1. The number of halogens is 2. The van der Waals surface area contributed by atoms with Gasteiger partial charge >= 0.3 is 5.97 Å². The van der Waals surface area contributed by atoms with E-state index >= 15 is 0 Å². The van der Waals surface area contributed by atoms with Gasteiger partial charge in [-0.2, -0.15) is 5.10 Å². The number of nitrogens with zero attached hydrogens (tertiary/aromatic N) is 2. The van der Waals surface area contributed by atoms with Crippen molar-refractivity contribution in [2.45, 2.75) is 13.3 Å². The molecule has 0 aliphatic rings. The first kappa shape index (κ1) is 12.6. The number of aryl methyl sites for hydroxylation is 1. The number of rotatable bonds is 3. The first-order chi connectivity index (χ1) is 8.54. The van der Waals surface area contributed by atoms with E-state index in [0.29, 0.717) is 17.8 Å². The molecule has 0 aliphatic heterocycles. The number of hydrogen-bond donors (Lipinski definition) is 1. The predicted molar refractivity (Wildman–Crippen MR) is 64.9 cm³/mol. The minimum absolute atomic E-state index is 0.111. The van der Waals surface area contributed by atoms with Crippen molar-refractivity contribution in [1.29, 1.82) is 0 Å². The first-order valence-electron chi connectivity index (χ1n) is 5.31. The van der Waals surface area contributed by atoms with Gasteiger partial charge in [-0.25, -0.2) is 13.9 Å². The minimum atomic E-state index is -1.17. The fourth-order valence-electron chi connectivity index (χ4n) is 1.62. The number of hydrogen-bond acceptors (Lipinski definition) is 2. The summed E-state index contributed by atoms with van der Waals surface area (Å²) in [6, 6.07) is 5.37. The summed E-state index contributed by atoms with van der Waals surface area (Å²) >= 11 is 5.97. The SMILES string of the molecule is CCc1nn(-c2ccc(F)cc2)c(C(=O)O)c1Cl. The molecule has 0 amide bonds. The summed E-state index contributed by atoms with van der Waals surface area (Å²) in [6.45, 7) is 1.83. The van der Waals surface area contributed by atoms with Gasteiger partial charge in [0.1, 0.15) is 5.82 Å². The highest BCUT2D eigenvalue weighted by Gasteiger charge is 2.21. The molecule has 2 rings (SSSR count). The van der Waals surface area contributed by atoms with Gasteiger partial charge in [0.05, 0.1) is 16.4 Å². The van der Waals surface area contributed by atoms with Gasteiger partial charge in [0.15, 0.2) is 5.69 Å². The Kier molecular flexibility index (Phi) is 3.34. The standard InChI is InChI=1S/C12H10ClFN2O2/c1-2-9-10(13)11(12(17)18)16(15-9)8-5-3-7(14)4-6-8/h3-6H,2H2,1H3,(H,17,18). The van der Waals surface area contributed by atoms with E-state index in [1.54, 1.807) is 0 Å². The Morgan fingerprint density at radius 3 is 2.56 bits per heavy atom. The maximum Gasteiger partial charge on any atom is 0.356 e. The molecule has 0 spiro atoms. The van der Waals surface area contributed by atoms with Crippen LogP contribution in [0.1, 0.15) is 23.1 Å². The van der Waals surface area contributed by atoms with Crippen LogP contribution in [-0.2, 0) is 6.42 Å². The van der Waals surface area contributed by atoms with E-state index in [4.69, 9.17) is 16.7 Å². The molecule has 6 heteroatoms. The molecule has 1 heterocycles. The molecule has 0 atom stereocenters. The Hall–Kier alpha value is -1.88. The molecule has 4 nitrogen and oxygen atoms in total. The monoisotopic (exact) mass is 268 g/mol. The van der Waals surface area contributed by atoms with Crippen LogP contribution in [-0.4, -0.2) is 20.9 Å².